The zero-order valence-corrected chi connectivity index (χ0v) is 15.1. The average Bonchev–Trinajstić information content (AvgIpc) is 2.60. The van der Waals surface area contributed by atoms with Crippen LogP contribution in [0.5, 0.6) is 0 Å². The van der Waals surface area contributed by atoms with Gasteiger partial charge in [-0.2, -0.15) is 0 Å². The van der Waals surface area contributed by atoms with Crippen molar-refractivity contribution in [2.24, 2.45) is 5.92 Å². The molecule has 1 saturated heterocycles. The third-order valence-electron chi connectivity index (χ3n) is 5.23. The lowest BCUT2D eigenvalue weighted by Crippen LogP contribution is -2.38. The van der Waals surface area contributed by atoms with Gasteiger partial charge in [0, 0.05) is 19.6 Å². The number of aryl methyl sites for hydroxylation is 2. The first-order chi connectivity index (χ1) is 11.7. The second-order valence-corrected chi connectivity index (χ2v) is 7.23. The van der Waals surface area contributed by atoms with Crippen molar-refractivity contribution in [1.29, 1.82) is 0 Å². The molecular weight excluding hydrogens is 292 g/mol. The maximum Gasteiger partial charge on any atom is 0.0240 e. The Morgan fingerprint density at radius 3 is 2.00 bits per heavy atom. The van der Waals surface area contributed by atoms with Crippen LogP contribution in [0.25, 0.3) is 0 Å². The standard InChI is InChI=1S/C22H30N2/c1-18-8-3-5-11-21(18)16-24(15-20-10-7-13-23-14-20)17-22-12-6-4-9-19(22)2/h3-6,8-9,11-12,20,23H,7,10,13-17H2,1-2H3/t20-/m1/s1. The van der Waals surface area contributed by atoms with E-state index in [0.29, 0.717) is 0 Å². The average molecular weight is 322 g/mol. The summed E-state index contributed by atoms with van der Waals surface area (Å²) in [5.74, 6) is 0.770. The first-order valence-corrected chi connectivity index (χ1v) is 9.24. The van der Waals surface area contributed by atoms with E-state index in [0.717, 1.165) is 25.6 Å². The van der Waals surface area contributed by atoms with E-state index in [9.17, 15) is 0 Å². The Bertz CT molecular complexity index is 596. The molecule has 1 atom stereocenters. The van der Waals surface area contributed by atoms with Crippen LogP contribution in [0.15, 0.2) is 48.5 Å². The predicted molar refractivity (Wildman–Crippen MR) is 102 cm³/mol. The summed E-state index contributed by atoms with van der Waals surface area (Å²) in [4.78, 5) is 2.64. The van der Waals surface area contributed by atoms with Gasteiger partial charge >= 0.3 is 0 Å². The first kappa shape index (κ1) is 17.2. The van der Waals surface area contributed by atoms with E-state index in [1.54, 1.807) is 0 Å². The number of hydrogen-bond acceptors (Lipinski definition) is 2. The van der Waals surface area contributed by atoms with Crippen molar-refractivity contribution in [2.75, 3.05) is 19.6 Å². The molecule has 0 unspecified atom stereocenters. The summed E-state index contributed by atoms with van der Waals surface area (Å²) in [5.41, 5.74) is 5.70. The molecule has 1 N–H and O–H groups in total. The molecule has 0 bridgehead atoms. The fourth-order valence-corrected chi connectivity index (χ4v) is 3.69. The summed E-state index contributed by atoms with van der Waals surface area (Å²) in [7, 11) is 0. The molecule has 2 aromatic carbocycles. The van der Waals surface area contributed by atoms with Crippen molar-refractivity contribution in [2.45, 2.75) is 39.8 Å². The van der Waals surface area contributed by atoms with Gasteiger partial charge in [-0.1, -0.05) is 48.5 Å². The lowest BCUT2D eigenvalue weighted by atomic mass is 9.98. The van der Waals surface area contributed by atoms with E-state index in [1.807, 2.05) is 0 Å². The summed E-state index contributed by atoms with van der Waals surface area (Å²) in [5, 5.41) is 3.56. The zero-order valence-electron chi connectivity index (χ0n) is 15.1. The highest BCUT2D eigenvalue weighted by atomic mass is 15.1. The summed E-state index contributed by atoms with van der Waals surface area (Å²) in [6, 6.07) is 17.6. The van der Waals surface area contributed by atoms with Crippen molar-refractivity contribution in [3.63, 3.8) is 0 Å². The van der Waals surface area contributed by atoms with Gasteiger partial charge in [0.15, 0.2) is 0 Å². The van der Waals surface area contributed by atoms with Gasteiger partial charge in [0.05, 0.1) is 0 Å². The minimum Gasteiger partial charge on any atom is -0.316 e. The summed E-state index contributed by atoms with van der Waals surface area (Å²) in [6.07, 6.45) is 2.66. The molecule has 3 rings (SSSR count). The van der Waals surface area contributed by atoms with Crippen molar-refractivity contribution in [1.82, 2.24) is 10.2 Å². The smallest absolute Gasteiger partial charge is 0.0240 e. The van der Waals surface area contributed by atoms with Gasteiger partial charge in [-0.15, -0.1) is 0 Å². The lowest BCUT2D eigenvalue weighted by Gasteiger charge is -2.31. The number of nitrogens with one attached hydrogen (secondary N) is 1. The van der Waals surface area contributed by atoms with Crippen LogP contribution in [0.1, 0.15) is 35.1 Å². The molecule has 2 aromatic rings. The van der Waals surface area contributed by atoms with Gasteiger partial charge in [0.25, 0.3) is 0 Å². The quantitative estimate of drug-likeness (QED) is 0.853. The van der Waals surface area contributed by atoms with Crippen molar-refractivity contribution in [3.05, 3.63) is 70.8 Å². The molecule has 1 aliphatic rings. The van der Waals surface area contributed by atoms with E-state index in [4.69, 9.17) is 0 Å². The lowest BCUT2D eigenvalue weighted by molar-refractivity contribution is 0.193. The minimum absolute atomic E-state index is 0.770. The number of hydrogen-bond donors (Lipinski definition) is 1. The molecule has 0 aromatic heterocycles. The fraction of sp³-hybridized carbons (Fsp3) is 0.455. The topological polar surface area (TPSA) is 15.3 Å². The summed E-state index contributed by atoms with van der Waals surface area (Å²) >= 11 is 0. The normalized spacial score (nSPS) is 18.0. The molecule has 1 heterocycles. The maximum absolute atomic E-state index is 3.56. The van der Waals surface area contributed by atoms with Crippen LogP contribution < -0.4 is 5.32 Å². The van der Waals surface area contributed by atoms with Crippen LogP contribution in [0.2, 0.25) is 0 Å². The van der Waals surface area contributed by atoms with Gasteiger partial charge in [-0.25, -0.2) is 0 Å². The molecule has 2 heteroatoms. The molecule has 128 valence electrons. The van der Waals surface area contributed by atoms with E-state index in [1.165, 1.54) is 48.2 Å². The van der Waals surface area contributed by atoms with Gasteiger partial charge in [0.2, 0.25) is 0 Å². The van der Waals surface area contributed by atoms with Crippen LogP contribution in [-0.2, 0) is 13.1 Å². The first-order valence-electron chi connectivity index (χ1n) is 9.24. The van der Waals surface area contributed by atoms with Crippen LogP contribution >= 0.6 is 0 Å². The molecule has 24 heavy (non-hydrogen) atoms. The molecule has 1 fully saturated rings. The summed E-state index contributed by atoms with van der Waals surface area (Å²) in [6.45, 7) is 10.1. The number of rotatable bonds is 6. The Kier molecular flexibility index (Phi) is 6.06. The fourth-order valence-electron chi connectivity index (χ4n) is 3.69. The van der Waals surface area contributed by atoms with E-state index >= 15 is 0 Å². The Morgan fingerprint density at radius 2 is 1.50 bits per heavy atom. The van der Waals surface area contributed by atoms with E-state index in [2.05, 4.69) is 72.6 Å². The highest BCUT2D eigenvalue weighted by Crippen LogP contribution is 2.19. The predicted octanol–water partition coefficient (Wildman–Crippen LogP) is 4.31. The van der Waals surface area contributed by atoms with E-state index < -0.39 is 0 Å². The molecule has 0 saturated carbocycles. The highest BCUT2D eigenvalue weighted by Gasteiger charge is 2.18. The zero-order chi connectivity index (χ0) is 16.8. The number of piperidine rings is 1. The minimum atomic E-state index is 0.770. The van der Waals surface area contributed by atoms with Crippen LogP contribution in [0.3, 0.4) is 0 Å². The molecule has 0 aliphatic carbocycles. The molecule has 0 radical (unpaired) electrons. The van der Waals surface area contributed by atoms with Gasteiger partial charge < -0.3 is 5.32 Å². The number of benzene rings is 2. The van der Waals surface area contributed by atoms with Crippen LogP contribution in [0.4, 0.5) is 0 Å². The Hall–Kier alpha value is -1.64. The van der Waals surface area contributed by atoms with Crippen LogP contribution in [0, 0.1) is 19.8 Å². The molecule has 2 nitrogen and oxygen atoms in total. The monoisotopic (exact) mass is 322 g/mol. The third-order valence-corrected chi connectivity index (χ3v) is 5.23. The highest BCUT2D eigenvalue weighted by molar-refractivity contribution is 5.27. The van der Waals surface area contributed by atoms with E-state index in [-0.39, 0.29) is 0 Å². The Morgan fingerprint density at radius 1 is 0.917 bits per heavy atom. The largest absolute Gasteiger partial charge is 0.316 e. The molecule has 0 spiro atoms. The number of nitrogens with zero attached hydrogens (tertiary/aromatic N) is 1. The van der Waals surface area contributed by atoms with Crippen molar-refractivity contribution < 1.29 is 0 Å². The van der Waals surface area contributed by atoms with Crippen molar-refractivity contribution >= 4 is 0 Å². The molecule has 0 amide bonds. The van der Waals surface area contributed by atoms with Crippen LogP contribution in [-0.4, -0.2) is 24.5 Å². The summed E-state index contributed by atoms with van der Waals surface area (Å²) < 4.78 is 0. The molecule has 1 aliphatic heterocycles. The second kappa shape index (κ2) is 8.46. The SMILES string of the molecule is Cc1ccccc1CN(Cc1ccccc1C)C[C@@H]1CCCNC1. The second-order valence-electron chi connectivity index (χ2n) is 7.23. The Balaban J connectivity index is 1.74. The third kappa shape index (κ3) is 4.68. The van der Waals surface area contributed by atoms with Gasteiger partial charge in [-0.05, 0) is 68.0 Å². The van der Waals surface area contributed by atoms with Gasteiger partial charge in [0.1, 0.15) is 0 Å². The Labute approximate surface area is 146 Å². The maximum atomic E-state index is 3.56. The molecular formula is C22H30N2. The van der Waals surface area contributed by atoms with Gasteiger partial charge in [-0.3, -0.25) is 4.90 Å². The van der Waals surface area contributed by atoms with Crippen molar-refractivity contribution in [3.8, 4) is 0 Å².